The van der Waals surface area contributed by atoms with Gasteiger partial charge < -0.3 is 73.5 Å². The van der Waals surface area contributed by atoms with Crippen molar-refractivity contribution < 1.29 is 73.0 Å². The van der Waals surface area contributed by atoms with Crippen LogP contribution in [0.3, 0.4) is 0 Å². The average Bonchev–Trinajstić information content (AvgIpc) is 3.36. The molecule has 4 fully saturated rings. The average molecular weight is 1000 g/mol. The number of hydrogen-bond donors (Lipinski definition) is 6. The van der Waals surface area contributed by atoms with Gasteiger partial charge in [0.1, 0.15) is 23.0 Å². The van der Waals surface area contributed by atoms with E-state index in [0.29, 0.717) is 106 Å². The van der Waals surface area contributed by atoms with Gasteiger partial charge in [-0.25, -0.2) is 4.79 Å². The van der Waals surface area contributed by atoms with Crippen molar-refractivity contribution in [2.75, 3.05) is 13.2 Å². The Balaban J connectivity index is 0.816. The molecule has 4 aromatic rings. The van der Waals surface area contributed by atoms with Gasteiger partial charge in [0.05, 0.1) is 68.1 Å². The lowest BCUT2D eigenvalue weighted by Gasteiger charge is -2.38. The smallest absolute Gasteiger partial charge is 0.412 e. The summed E-state index contributed by atoms with van der Waals surface area (Å²) in [6.45, 7) is 2.54. The fourth-order valence-electron chi connectivity index (χ4n) is 10.2. The number of amides is 1. The van der Waals surface area contributed by atoms with Gasteiger partial charge in [0.25, 0.3) is 0 Å². The van der Waals surface area contributed by atoms with E-state index in [1.54, 1.807) is 72.8 Å². The molecule has 0 aromatic heterocycles. The standard InChI is InChI=1S/C56H73NO15/c1-36-30-40(69-54(65-36)47-23-6-9-26-50(47)61)20-13-21-41-34-45(67-52(66-41)35-57-56(63)72-39-16-3-2-4-17-39)32-38(59)15-12-19-43-33-42(70-55(71-43)48-24-7-10-27-51(48)62)18-11-14-37(58)31-44-28-29-64-53(68-44)46-22-5-8-25-49(46)60/h2-10,16-17,22-27,36-38,40-45,52-55,58-62H,11-15,18-21,28-35H2,1H3,(H,57,63). The Hall–Kier alpha value is -4.85. The third-order valence-corrected chi connectivity index (χ3v) is 13.9. The molecule has 0 saturated carbocycles. The van der Waals surface area contributed by atoms with Crippen LogP contribution in [0.4, 0.5) is 4.79 Å². The van der Waals surface area contributed by atoms with E-state index in [4.69, 9.17) is 42.6 Å². The van der Waals surface area contributed by atoms with Gasteiger partial charge in [0.15, 0.2) is 25.2 Å². The highest BCUT2D eigenvalue weighted by Gasteiger charge is 2.36. The lowest BCUT2D eigenvalue weighted by molar-refractivity contribution is -0.251. The molecule has 0 bridgehead atoms. The molecule has 1 amide bonds. The summed E-state index contributed by atoms with van der Waals surface area (Å²) in [7, 11) is 0. The first-order valence-electron chi connectivity index (χ1n) is 25.9. The minimum atomic E-state index is -0.769. The van der Waals surface area contributed by atoms with Crippen LogP contribution in [0, 0.1) is 0 Å². The first-order chi connectivity index (χ1) is 35.0. The van der Waals surface area contributed by atoms with Crippen LogP contribution in [0.25, 0.3) is 0 Å². The molecule has 13 unspecified atom stereocenters. The van der Waals surface area contributed by atoms with Crippen molar-refractivity contribution in [3.63, 3.8) is 0 Å². The third-order valence-electron chi connectivity index (χ3n) is 13.9. The number of para-hydroxylation sites is 4. The minimum Gasteiger partial charge on any atom is -0.507 e. The molecule has 8 rings (SSSR count). The Bertz CT molecular complexity index is 2250. The largest absolute Gasteiger partial charge is 0.507 e. The molecule has 0 spiro atoms. The SMILES string of the molecule is CC1CC(CCCC2CC(CC(O)CCCC3CC(CCCC(O)CC4CCOC(c5ccccc5O)O4)OC(c4ccccc4O)O3)OC(CNC(=O)Oc3ccccc3)O2)OC(c2ccccc2O)O1. The van der Waals surface area contributed by atoms with Gasteiger partial charge in [-0.3, -0.25) is 0 Å². The topological polar surface area (TPSA) is 213 Å². The van der Waals surface area contributed by atoms with E-state index in [1.807, 2.05) is 37.3 Å². The summed E-state index contributed by atoms with van der Waals surface area (Å²) in [4.78, 5) is 12.7. The molecule has 392 valence electrons. The van der Waals surface area contributed by atoms with Gasteiger partial charge in [-0.1, -0.05) is 72.8 Å². The second kappa shape index (κ2) is 26.9. The zero-order valence-corrected chi connectivity index (χ0v) is 41.2. The molecule has 13 atom stereocenters. The normalized spacial score (nSPS) is 28.7. The zero-order chi connectivity index (χ0) is 50.2. The number of ether oxygens (including phenoxy) is 9. The first kappa shape index (κ1) is 53.4. The second-order valence-electron chi connectivity index (χ2n) is 19.6. The molecule has 16 nitrogen and oxygen atoms in total. The third kappa shape index (κ3) is 16.1. The fraction of sp³-hybridized carbons (Fsp3) is 0.554. The van der Waals surface area contributed by atoms with E-state index in [2.05, 4.69) is 5.32 Å². The summed E-state index contributed by atoms with van der Waals surface area (Å²) >= 11 is 0. The Morgan fingerprint density at radius 2 is 1.01 bits per heavy atom. The zero-order valence-electron chi connectivity index (χ0n) is 41.2. The maximum atomic E-state index is 12.7. The molecule has 0 radical (unpaired) electrons. The van der Waals surface area contributed by atoms with E-state index in [-0.39, 0.29) is 66.5 Å². The van der Waals surface area contributed by atoms with Crippen LogP contribution >= 0.6 is 0 Å². The number of aliphatic hydroxyl groups is 2. The van der Waals surface area contributed by atoms with Crippen molar-refractivity contribution in [1.82, 2.24) is 5.32 Å². The summed E-state index contributed by atoms with van der Waals surface area (Å²) < 4.78 is 55.3. The number of benzene rings is 4. The van der Waals surface area contributed by atoms with Gasteiger partial charge in [-0.05, 0) is 121 Å². The second-order valence-corrected chi connectivity index (χ2v) is 19.6. The van der Waals surface area contributed by atoms with Crippen molar-refractivity contribution >= 4 is 6.09 Å². The lowest BCUT2D eigenvalue weighted by Crippen LogP contribution is -2.46. The Morgan fingerprint density at radius 1 is 0.556 bits per heavy atom. The van der Waals surface area contributed by atoms with Crippen molar-refractivity contribution in [3.05, 3.63) is 120 Å². The maximum Gasteiger partial charge on any atom is 0.412 e. The van der Waals surface area contributed by atoms with Gasteiger partial charge in [-0.15, -0.1) is 0 Å². The molecule has 4 aromatic carbocycles. The van der Waals surface area contributed by atoms with E-state index >= 15 is 0 Å². The number of aliphatic hydroxyl groups excluding tert-OH is 2. The van der Waals surface area contributed by atoms with E-state index in [9.17, 15) is 30.3 Å². The highest BCUT2D eigenvalue weighted by atomic mass is 16.7. The van der Waals surface area contributed by atoms with Crippen LogP contribution in [-0.4, -0.2) is 106 Å². The molecule has 4 aliphatic rings. The quantitative estimate of drug-likeness (QED) is 0.0433. The van der Waals surface area contributed by atoms with Gasteiger partial charge in [0.2, 0.25) is 0 Å². The summed E-state index contributed by atoms with van der Waals surface area (Å²) in [5, 5.41) is 56.8. The Labute approximate surface area is 422 Å². The molecular formula is C56H73NO15. The summed E-state index contributed by atoms with van der Waals surface area (Å²) in [5.41, 5.74) is 1.73. The molecule has 72 heavy (non-hydrogen) atoms. The molecule has 4 heterocycles. The fourth-order valence-corrected chi connectivity index (χ4v) is 10.2. The Kier molecular flexibility index (Phi) is 20.0. The predicted molar refractivity (Wildman–Crippen MR) is 264 cm³/mol. The van der Waals surface area contributed by atoms with E-state index in [0.717, 1.165) is 19.3 Å². The van der Waals surface area contributed by atoms with Crippen LogP contribution in [0.5, 0.6) is 23.0 Å². The van der Waals surface area contributed by atoms with Crippen LogP contribution in [0.1, 0.15) is 139 Å². The summed E-state index contributed by atoms with van der Waals surface area (Å²) in [5.74, 6) is 0.752. The van der Waals surface area contributed by atoms with Crippen molar-refractivity contribution in [1.29, 1.82) is 0 Å². The van der Waals surface area contributed by atoms with Crippen LogP contribution < -0.4 is 10.1 Å². The lowest BCUT2D eigenvalue weighted by atomic mass is 9.95. The number of carbonyl (C=O) groups excluding carboxylic acids is 1. The molecule has 0 aliphatic carbocycles. The Morgan fingerprint density at radius 3 is 1.61 bits per heavy atom. The minimum absolute atomic E-state index is 0.0505. The van der Waals surface area contributed by atoms with Gasteiger partial charge in [-0.2, -0.15) is 0 Å². The molecular weight excluding hydrogens is 927 g/mol. The van der Waals surface area contributed by atoms with Gasteiger partial charge >= 0.3 is 6.09 Å². The number of phenols is 3. The first-order valence-corrected chi connectivity index (χ1v) is 25.9. The van der Waals surface area contributed by atoms with E-state index < -0.39 is 43.5 Å². The highest BCUT2D eigenvalue weighted by molar-refractivity contribution is 5.70. The van der Waals surface area contributed by atoms with Crippen LogP contribution in [-0.2, 0) is 37.9 Å². The monoisotopic (exact) mass is 999 g/mol. The maximum absolute atomic E-state index is 12.7. The van der Waals surface area contributed by atoms with Crippen molar-refractivity contribution in [2.45, 2.75) is 183 Å². The molecule has 16 heteroatoms. The molecule has 4 saturated heterocycles. The number of carbonyl (C=O) groups is 1. The predicted octanol–water partition coefficient (Wildman–Crippen LogP) is 9.67. The highest BCUT2D eigenvalue weighted by Crippen LogP contribution is 2.39. The number of aromatic hydroxyl groups is 3. The summed E-state index contributed by atoms with van der Waals surface area (Å²) in [6.07, 6.45) is 3.42. The number of rotatable bonds is 22. The number of phenolic OH excluding ortho intramolecular Hbond substituents is 3. The van der Waals surface area contributed by atoms with Crippen molar-refractivity contribution in [2.24, 2.45) is 0 Å². The van der Waals surface area contributed by atoms with Crippen LogP contribution in [0.2, 0.25) is 0 Å². The van der Waals surface area contributed by atoms with Gasteiger partial charge in [0, 0.05) is 29.5 Å². The van der Waals surface area contributed by atoms with E-state index in [1.165, 1.54) is 0 Å². The van der Waals surface area contributed by atoms with Crippen molar-refractivity contribution in [3.8, 4) is 23.0 Å². The number of nitrogens with one attached hydrogen (secondary N) is 1. The van der Waals surface area contributed by atoms with Crippen LogP contribution in [0.15, 0.2) is 103 Å². The molecule has 6 N–H and O–H groups in total. The molecule has 4 aliphatic heterocycles. The number of hydrogen-bond acceptors (Lipinski definition) is 15. The summed E-state index contributed by atoms with van der Waals surface area (Å²) in [6, 6.07) is 29.8.